The molecule has 35 heavy (non-hydrogen) atoms. The zero-order valence-electron chi connectivity index (χ0n) is 20.0. The van der Waals surface area contributed by atoms with E-state index in [4.69, 9.17) is 11.6 Å². The number of carbonyl (C=O) groups is 1. The van der Waals surface area contributed by atoms with Crippen LogP contribution < -0.4 is 5.32 Å². The molecule has 0 spiro atoms. The van der Waals surface area contributed by atoms with Gasteiger partial charge in [-0.15, -0.1) is 0 Å². The number of aromatic nitrogens is 3. The molecule has 11 heteroatoms. The number of ketones is 1. The van der Waals surface area contributed by atoms with Gasteiger partial charge < -0.3 is 5.32 Å². The molecule has 1 aliphatic carbocycles. The predicted molar refractivity (Wildman–Crippen MR) is 133 cm³/mol. The standard InChI is InChI=1S/C24H29ClN6O3S/c1-4-35(33,34)20-9-8-19(27-13-20)12-28-23(31-21-14-29-24(25)30-16(21)3)22(32)15(2)10-17-6-5-7-18(17)11-26/h8-9,13-15,17-18H,4-7,10,12H2,1-3H3,(H,28,31)/t15?,17-,18+/m1/s1. The molecular formula is C24H29ClN6O3S. The number of amidine groups is 1. The van der Waals surface area contributed by atoms with E-state index in [0.29, 0.717) is 23.5 Å². The van der Waals surface area contributed by atoms with Crippen LogP contribution in [0.3, 0.4) is 0 Å². The minimum atomic E-state index is -3.35. The van der Waals surface area contributed by atoms with Crippen molar-refractivity contribution in [3.63, 3.8) is 0 Å². The minimum absolute atomic E-state index is 0.00829. The summed E-state index contributed by atoms with van der Waals surface area (Å²) in [6, 6.07) is 5.48. The normalized spacial score (nSPS) is 19.2. The van der Waals surface area contributed by atoms with E-state index in [1.54, 1.807) is 19.9 Å². The summed E-state index contributed by atoms with van der Waals surface area (Å²) in [4.78, 5) is 30.4. The van der Waals surface area contributed by atoms with Crippen LogP contribution in [0.2, 0.25) is 5.28 Å². The zero-order chi connectivity index (χ0) is 25.6. The lowest BCUT2D eigenvalue weighted by molar-refractivity contribution is -0.116. The van der Waals surface area contributed by atoms with Crippen molar-refractivity contribution in [3.8, 4) is 6.07 Å². The van der Waals surface area contributed by atoms with Crippen LogP contribution in [-0.4, -0.2) is 40.7 Å². The van der Waals surface area contributed by atoms with Crippen molar-refractivity contribution in [2.24, 2.45) is 22.7 Å². The van der Waals surface area contributed by atoms with Gasteiger partial charge in [-0.25, -0.2) is 23.4 Å². The van der Waals surface area contributed by atoms with Gasteiger partial charge in [0, 0.05) is 18.0 Å². The molecule has 1 fully saturated rings. The van der Waals surface area contributed by atoms with Crippen molar-refractivity contribution in [2.75, 3.05) is 5.75 Å². The summed E-state index contributed by atoms with van der Waals surface area (Å²) in [7, 11) is -3.35. The van der Waals surface area contributed by atoms with Gasteiger partial charge in [-0.2, -0.15) is 5.26 Å². The molecule has 0 aromatic carbocycles. The smallest absolute Gasteiger partial charge is 0.222 e. The Bertz CT molecular complexity index is 1240. The number of carbonyl (C=O) groups excluding carboxylic acids is 1. The predicted octanol–water partition coefficient (Wildman–Crippen LogP) is 3.98. The van der Waals surface area contributed by atoms with E-state index in [0.717, 1.165) is 19.3 Å². The number of aliphatic imine (C=N–C) groups is 1. The molecule has 3 atom stereocenters. The Morgan fingerprint density at radius 1 is 1.31 bits per heavy atom. The lowest BCUT2D eigenvalue weighted by Crippen LogP contribution is -2.35. The zero-order valence-corrected chi connectivity index (χ0v) is 21.6. The second-order valence-corrected chi connectivity index (χ2v) is 11.4. The van der Waals surface area contributed by atoms with Crippen molar-refractivity contribution >= 4 is 38.7 Å². The van der Waals surface area contributed by atoms with Crippen LogP contribution >= 0.6 is 11.6 Å². The third kappa shape index (κ3) is 6.83. The fourth-order valence-electron chi connectivity index (χ4n) is 4.17. The van der Waals surface area contributed by atoms with Crippen LogP contribution in [0, 0.1) is 36.0 Å². The van der Waals surface area contributed by atoms with Crippen LogP contribution in [-0.2, 0) is 21.2 Å². The van der Waals surface area contributed by atoms with E-state index in [1.807, 2.05) is 6.92 Å². The van der Waals surface area contributed by atoms with Gasteiger partial charge in [0.15, 0.2) is 15.7 Å². The second-order valence-electron chi connectivity index (χ2n) is 8.74. The number of rotatable bonds is 9. The largest absolute Gasteiger partial charge is 0.361 e. The lowest BCUT2D eigenvalue weighted by atomic mass is 9.86. The summed E-state index contributed by atoms with van der Waals surface area (Å²) in [5.74, 6) is -0.244. The summed E-state index contributed by atoms with van der Waals surface area (Å²) >= 11 is 5.85. The molecule has 0 saturated heterocycles. The topological polar surface area (TPSA) is 138 Å². The van der Waals surface area contributed by atoms with Gasteiger partial charge in [-0.1, -0.05) is 20.3 Å². The number of nitrogens with one attached hydrogen (secondary N) is 1. The number of hydrogen-bond donors (Lipinski definition) is 1. The fraction of sp³-hybridized carbons (Fsp3) is 0.500. The number of hydrogen-bond acceptors (Lipinski definition) is 8. The van der Waals surface area contributed by atoms with Crippen molar-refractivity contribution in [1.29, 1.82) is 5.26 Å². The number of nitrogens with zero attached hydrogens (tertiary/aromatic N) is 5. The Morgan fingerprint density at radius 3 is 2.71 bits per heavy atom. The maximum Gasteiger partial charge on any atom is 0.222 e. The number of aryl methyl sites for hydroxylation is 1. The molecule has 1 unspecified atom stereocenters. The van der Waals surface area contributed by atoms with E-state index in [-0.39, 0.29) is 51.8 Å². The van der Waals surface area contributed by atoms with Crippen LogP contribution in [0.15, 0.2) is 34.4 Å². The first-order valence-corrected chi connectivity index (χ1v) is 13.6. The molecule has 1 aliphatic rings. The number of halogens is 1. The summed E-state index contributed by atoms with van der Waals surface area (Å²) in [5, 5.41) is 12.6. The van der Waals surface area contributed by atoms with Crippen LogP contribution in [0.1, 0.15) is 50.9 Å². The fourth-order valence-corrected chi connectivity index (χ4v) is 5.17. The molecule has 2 aromatic rings. The first kappa shape index (κ1) is 26.7. The van der Waals surface area contributed by atoms with Gasteiger partial charge >= 0.3 is 0 Å². The van der Waals surface area contributed by atoms with E-state index < -0.39 is 9.84 Å². The summed E-state index contributed by atoms with van der Waals surface area (Å²) < 4.78 is 24.1. The number of Topliss-reactive ketones (excluding diaryl/α,β-unsaturated/α-hetero) is 1. The molecule has 1 N–H and O–H groups in total. The maximum absolute atomic E-state index is 13.4. The van der Waals surface area contributed by atoms with Gasteiger partial charge in [0.2, 0.25) is 11.1 Å². The molecule has 186 valence electrons. The average molecular weight is 517 g/mol. The highest BCUT2D eigenvalue weighted by Crippen LogP contribution is 2.36. The second kappa shape index (κ2) is 11.7. The van der Waals surface area contributed by atoms with E-state index in [1.165, 1.54) is 18.5 Å². The molecule has 0 aliphatic heterocycles. The van der Waals surface area contributed by atoms with Crippen molar-refractivity contribution in [2.45, 2.75) is 57.9 Å². The minimum Gasteiger partial charge on any atom is -0.361 e. The first-order chi connectivity index (χ1) is 16.6. The maximum atomic E-state index is 13.4. The number of nitriles is 1. The number of sulfone groups is 1. The van der Waals surface area contributed by atoms with Gasteiger partial charge in [0.05, 0.1) is 40.8 Å². The van der Waals surface area contributed by atoms with Crippen LogP contribution in [0.25, 0.3) is 0 Å². The average Bonchev–Trinajstić information content (AvgIpc) is 3.29. The Balaban J connectivity index is 1.82. The third-order valence-corrected chi connectivity index (χ3v) is 8.19. The molecule has 3 rings (SSSR count). The van der Waals surface area contributed by atoms with Crippen molar-refractivity contribution in [3.05, 3.63) is 41.2 Å². The summed E-state index contributed by atoms with van der Waals surface area (Å²) in [5.41, 5.74) is 1.49. The molecule has 2 heterocycles. The monoisotopic (exact) mass is 516 g/mol. The highest BCUT2D eigenvalue weighted by molar-refractivity contribution is 7.91. The first-order valence-electron chi connectivity index (χ1n) is 11.6. The SMILES string of the molecule is CCS(=O)(=O)c1ccc(CN/C(=N/c2cnc(Cl)nc2C)C(=O)C(C)C[C@H]2CCC[C@H]2C#N)nc1. The van der Waals surface area contributed by atoms with Gasteiger partial charge in [0.1, 0.15) is 5.69 Å². The quantitative estimate of drug-likeness (QED) is 0.300. The van der Waals surface area contributed by atoms with E-state index in [2.05, 4.69) is 31.3 Å². The van der Waals surface area contributed by atoms with Crippen molar-refractivity contribution < 1.29 is 13.2 Å². The van der Waals surface area contributed by atoms with E-state index >= 15 is 0 Å². The van der Waals surface area contributed by atoms with Crippen LogP contribution in [0.4, 0.5) is 5.69 Å². The number of pyridine rings is 1. The van der Waals surface area contributed by atoms with Gasteiger partial charge in [-0.05, 0) is 55.8 Å². The Hall–Kier alpha value is -2.90. The van der Waals surface area contributed by atoms with Gasteiger partial charge in [0.25, 0.3) is 0 Å². The Morgan fingerprint density at radius 2 is 2.09 bits per heavy atom. The highest BCUT2D eigenvalue weighted by Gasteiger charge is 2.31. The molecule has 0 bridgehead atoms. The lowest BCUT2D eigenvalue weighted by Gasteiger charge is -2.19. The summed E-state index contributed by atoms with van der Waals surface area (Å²) in [6.45, 7) is 5.32. The van der Waals surface area contributed by atoms with Gasteiger partial charge in [-0.3, -0.25) is 9.78 Å². The molecule has 9 nitrogen and oxygen atoms in total. The molecule has 1 saturated carbocycles. The Labute approximate surface area is 211 Å². The van der Waals surface area contributed by atoms with Crippen LogP contribution in [0.5, 0.6) is 0 Å². The van der Waals surface area contributed by atoms with Crippen molar-refractivity contribution in [1.82, 2.24) is 20.3 Å². The molecule has 2 aromatic heterocycles. The third-order valence-electron chi connectivity index (χ3n) is 6.29. The molecule has 0 amide bonds. The highest BCUT2D eigenvalue weighted by atomic mass is 35.5. The molecule has 0 radical (unpaired) electrons. The summed E-state index contributed by atoms with van der Waals surface area (Å²) in [6.07, 6.45) is 6.19. The van der Waals surface area contributed by atoms with E-state index in [9.17, 15) is 18.5 Å². The Kier molecular flexibility index (Phi) is 8.92. The molecular weight excluding hydrogens is 488 g/mol.